The van der Waals surface area contributed by atoms with Crippen LogP contribution < -0.4 is 0 Å². The molecular formula is C13H14FNO3S. The second-order valence-electron chi connectivity index (χ2n) is 4.86. The van der Waals surface area contributed by atoms with Crippen LogP contribution in [-0.4, -0.2) is 33.6 Å². The molecule has 0 radical (unpaired) electrons. The van der Waals surface area contributed by atoms with E-state index in [1.807, 2.05) is 0 Å². The molecule has 0 aliphatic heterocycles. The van der Waals surface area contributed by atoms with Gasteiger partial charge in [0, 0.05) is 19.3 Å². The predicted molar refractivity (Wildman–Crippen MR) is 67.7 cm³/mol. The molecule has 19 heavy (non-hydrogen) atoms. The summed E-state index contributed by atoms with van der Waals surface area (Å²) in [5, 5.41) is 8.54. The van der Waals surface area contributed by atoms with E-state index in [0.29, 0.717) is 5.56 Å². The van der Waals surface area contributed by atoms with Crippen molar-refractivity contribution in [2.45, 2.75) is 11.2 Å². The Labute approximate surface area is 111 Å². The minimum atomic E-state index is -3.38. The van der Waals surface area contributed by atoms with Gasteiger partial charge >= 0.3 is 0 Å². The van der Waals surface area contributed by atoms with Crippen LogP contribution in [0, 0.1) is 22.6 Å². The maximum Gasteiger partial charge on any atom is 0.152 e. The zero-order valence-electron chi connectivity index (χ0n) is 10.6. The lowest BCUT2D eigenvalue weighted by Gasteiger charge is -2.06. The first-order valence-electron chi connectivity index (χ1n) is 5.71. The summed E-state index contributed by atoms with van der Waals surface area (Å²) >= 11 is 0. The van der Waals surface area contributed by atoms with Gasteiger partial charge in [-0.05, 0) is 17.7 Å². The maximum atomic E-state index is 12.9. The fourth-order valence-electron chi connectivity index (χ4n) is 2.75. The zero-order valence-corrected chi connectivity index (χ0v) is 11.4. The van der Waals surface area contributed by atoms with E-state index in [1.54, 1.807) is 0 Å². The van der Waals surface area contributed by atoms with Gasteiger partial charge in [-0.25, -0.2) is 12.8 Å². The standard InChI is InChI=1S/C13H14FNO3S/c1-18-8-13(7-15)11(12(13)19(2,16)17)9-3-5-10(14)6-4-9/h3-6,11-12H,8H2,1-2H3/t11-,12-,13-/m1/s1. The summed E-state index contributed by atoms with van der Waals surface area (Å²) in [5.41, 5.74) is -0.421. The molecule has 1 saturated carbocycles. The van der Waals surface area contributed by atoms with Gasteiger partial charge in [0.15, 0.2) is 9.84 Å². The highest BCUT2D eigenvalue weighted by Gasteiger charge is 2.71. The molecule has 2 rings (SSSR count). The molecule has 102 valence electrons. The second kappa shape index (κ2) is 4.58. The number of rotatable bonds is 4. The van der Waals surface area contributed by atoms with E-state index in [1.165, 1.54) is 31.4 Å². The Hall–Kier alpha value is -1.45. The van der Waals surface area contributed by atoms with Gasteiger partial charge in [0.2, 0.25) is 0 Å². The summed E-state index contributed by atoms with van der Waals surface area (Å²) in [6, 6.07) is 7.65. The van der Waals surface area contributed by atoms with Crippen LogP contribution in [0.5, 0.6) is 0 Å². The van der Waals surface area contributed by atoms with Crippen molar-refractivity contribution in [2.75, 3.05) is 20.0 Å². The first kappa shape index (κ1) is 14.0. The molecule has 0 aromatic heterocycles. The summed E-state index contributed by atoms with van der Waals surface area (Å²) in [5.74, 6) is -0.859. The van der Waals surface area contributed by atoms with Gasteiger partial charge in [-0.2, -0.15) is 5.26 Å². The van der Waals surface area contributed by atoms with E-state index in [0.717, 1.165) is 6.26 Å². The number of halogens is 1. The molecule has 0 saturated heterocycles. The molecule has 0 heterocycles. The monoisotopic (exact) mass is 283 g/mol. The molecule has 1 aliphatic rings. The summed E-state index contributed by atoms with van der Waals surface area (Å²) in [7, 11) is -1.95. The van der Waals surface area contributed by atoms with Gasteiger partial charge in [-0.1, -0.05) is 12.1 Å². The fraction of sp³-hybridized carbons (Fsp3) is 0.462. The molecule has 4 nitrogen and oxygen atoms in total. The molecule has 1 aliphatic carbocycles. The van der Waals surface area contributed by atoms with Gasteiger partial charge in [0.05, 0.1) is 17.9 Å². The number of hydrogen-bond acceptors (Lipinski definition) is 4. The van der Waals surface area contributed by atoms with Gasteiger partial charge in [-0.15, -0.1) is 0 Å². The first-order chi connectivity index (χ1) is 8.86. The van der Waals surface area contributed by atoms with E-state index in [2.05, 4.69) is 6.07 Å². The Morgan fingerprint density at radius 2 is 2.00 bits per heavy atom. The third-order valence-electron chi connectivity index (χ3n) is 3.54. The lowest BCUT2D eigenvalue weighted by atomic mass is 10.0. The molecule has 6 heteroatoms. The predicted octanol–water partition coefficient (Wildman–Crippen LogP) is 1.49. The van der Waals surface area contributed by atoms with E-state index < -0.39 is 32.2 Å². The van der Waals surface area contributed by atoms with E-state index >= 15 is 0 Å². The number of hydrogen-bond donors (Lipinski definition) is 0. The van der Waals surface area contributed by atoms with E-state index in [-0.39, 0.29) is 6.61 Å². The molecule has 0 spiro atoms. The van der Waals surface area contributed by atoms with Gasteiger partial charge in [0.25, 0.3) is 0 Å². The summed E-state index contributed by atoms with van der Waals surface area (Å²) in [6.07, 6.45) is 1.11. The highest BCUT2D eigenvalue weighted by atomic mass is 32.2. The van der Waals surface area contributed by atoms with Crippen LogP contribution in [0.2, 0.25) is 0 Å². The van der Waals surface area contributed by atoms with Crippen molar-refractivity contribution in [3.05, 3.63) is 35.6 Å². The SMILES string of the molecule is COC[C@]1(C#N)[C@H](c2ccc(F)cc2)[C@H]1S(C)(=O)=O. The van der Waals surface area contributed by atoms with Crippen LogP contribution in [-0.2, 0) is 14.6 Å². The molecule has 1 fully saturated rings. The zero-order chi connectivity index (χ0) is 14.3. The molecule has 0 N–H and O–H groups in total. The van der Waals surface area contributed by atoms with Gasteiger partial charge in [0.1, 0.15) is 11.2 Å². The minimum absolute atomic E-state index is 0.0449. The van der Waals surface area contributed by atoms with Crippen molar-refractivity contribution in [1.82, 2.24) is 0 Å². The van der Waals surface area contributed by atoms with Gasteiger partial charge in [-0.3, -0.25) is 0 Å². The molecular weight excluding hydrogens is 269 g/mol. The van der Waals surface area contributed by atoms with Crippen molar-refractivity contribution >= 4 is 9.84 Å². The van der Waals surface area contributed by atoms with Crippen molar-refractivity contribution in [3.8, 4) is 6.07 Å². The first-order valence-corrected chi connectivity index (χ1v) is 7.67. The molecule has 0 unspecified atom stereocenters. The largest absolute Gasteiger partial charge is 0.383 e. The number of nitriles is 1. The highest BCUT2D eigenvalue weighted by Crippen LogP contribution is 2.62. The van der Waals surface area contributed by atoms with Crippen LogP contribution in [0.3, 0.4) is 0 Å². The van der Waals surface area contributed by atoms with Crippen molar-refractivity contribution < 1.29 is 17.5 Å². The quantitative estimate of drug-likeness (QED) is 0.839. The van der Waals surface area contributed by atoms with Crippen LogP contribution in [0.4, 0.5) is 4.39 Å². The molecule has 0 amide bonds. The lowest BCUT2D eigenvalue weighted by Crippen LogP contribution is -2.17. The van der Waals surface area contributed by atoms with Crippen LogP contribution in [0.1, 0.15) is 11.5 Å². The third-order valence-corrected chi connectivity index (χ3v) is 5.15. The summed E-state index contributed by atoms with van der Waals surface area (Å²) < 4.78 is 41.5. The fourth-order valence-corrected chi connectivity index (χ4v) is 4.60. The van der Waals surface area contributed by atoms with E-state index in [9.17, 15) is 18.1 Å². The van der Waals surface area contributed by atoms with Crippen molar-refractivity contribution in [1.29, 1.82) is 5.26 Å². The maximum absolute atomic E-state index is 12.9. The van der Waals surface area contributed by atoms with Crippen LogP contribution in [0.15, 0.2) is 24.3 Å². The molecule has 1 aromatic rings. The number of methoxy groups -OCH3 is 1. The van der Waals surface area contributed by atoms with E-state index in [4.69, 9.17) is 4.74 Å². The molecule has 3 atom stereocenters. The number of ether oxygens (including phenoxy) is 1. The average Bonchev–Trinajstić information content (AvgIpc) is 3.00. The Balaban J connectivity index is 2.44. The van der Waals surface area contributed by atoms with Crippen molar-refractivity contribution in [2.24, 2.45) is 5.41 Å². The summed E-state index contributed by atoms with van der Waals surface area (Å²) in [6.45, 7) is 0.0449. The Bertz CT molecular complexity index is 620. The number of benzene rings is 1. The molecule has 0 bridgehead atoms. The average molecular weight is 283 g/mol. The Morgan fingerprint density at radius 1 is 1.42 bits per heavy atom. The highest BCUT2D eigenvalue weighted by molar-refractivity contribution is 7.91. The Kier molecular flexibility index (Phi) is 3.37. The third kappa shape index (κ3) is 2.24. The topological polar surface area (TPSA) is 67.2 Å². The smallest absolute Gasteiger partial charge is 0.152 e. The van der Waals surface area contributed by atoms with Crippen molar-refractivity contribution in [3.63, 3.8) is 0 Å². The van der Waals surface area contributed by atoms with Gasteiger partial charge < -0.3 is 4.74 Å². The minimum Gasteiger partial charge on any atom is -0.383 e. The normalized spacial score (nSPS) is 29.8. The molecule has 1 aromatic carbocycles. The number of nitrogens with zero attached hydrogens (tertiary/aromatic N) is 1. The lowest BCUT2D eigenvalue weighted by molar-refractivity contribution is 0.162. The Morgan fingerprint density at radius 3 is 2.42 bits per heavy atom. The number of sulfone groups is 1. The summed E-state index contributed by atoms with van der Waals surface area (Å²) in [4.78, 5) is 0. The van der Waals surface area contributed by atoms with Crippen LogP contribution in [0.25, 0.3) is 0 Å². The van der Waals surface area contributed by atoms with Crippen LogP contribution >= 0.6 is 0 Å². The second-order valence-corrected chi connectivity index (χ2v) is 7.03.